The van der Waals surface area contributed by atoms with E-state index in [1.165, 1.54) is 12.8 Å². The van der Waals surface area contributed by atoms with Crippen LogP contribution in [0.4, 0.5) is 0 Å². The molecule has 0 aliphatic heterocycles. The largest absolute Gasteiger partial charge is 0.366 e. The van der Waals surface area contributed by atoms with Crippen LogP contribution in [0.15, 0.2) is 0 Å². The van der Waals surface area contributed by atoms with Crippen molar-refractivity contribution >= 4 is 29.1 Å². The van der Waals surface area contributed by atoms with Gasteiger partial charge in [-0.3, -0.25) is 0 Å². The second kappa shape index (κ2) is 4.16. The third kappa shape index (κ3) is 2.24. The Balaban J connectivity index is 2.21. The lowest BCUT2D eigenvalue weighted by Crippen LogP contribution is -2.51. The minimum atomic E-state index is 0.602. The topological polar surface area (TPSA) is 24.1 Å². The Bertz CT molecular complexity index is 147. The van der Waals surface area contributed by atoms with Gasteiger partial charge in [0.05, 0.1) is 0 Å². The SMILES string of the molecule is CNC(=S)NC1CCC1SC. The highest BCUT2D eigenvalue weighted by molar-refractivity contribution is 7.99. The summed E-state index contributed by atoms with van der Waals surface area (Å²) in [6.07, 6.45) is 4.74. The summed E-state index contributed by atoms with van der Waals surface area (Å²) in [6, 6.07) is 0.602. The van der Waals surface area contributed by atoms with E-state index in [0.29, 0.717) is 6.04 Å². The van der Waals surface area contributed by atoms with Crippen molar-refractivity contribution in [2.24, 2.45) is 0 Å². The first-order valence-corrected chi connectivity index (χ1v) is 5.48. The highest BCUT2D eigenvalue weighted by Crippen LogP contribution is 2.29. The van der Waals surface area contributed by atoms with Crippen molar-refractivity contribution < 1.29 is 0 Å². The molecule has 0 aromatic rings. The summed E-state index contributed by atoms with van der Waals surface area (Å²) in [5.41, 5.74) is 0. The molecule has 1 saturated carbocycles. The second-order valence-corrected chi connectivity index (χ2v) is 4.17. The van der Waals surface area contributed by atoms with Gasteiger partial charge in [-0.1, -0.05) is 0 Å². The van der Waals surface area contributed by atoms with E-state index in [4.69, 9.17) is 12.2 Å². The van der Waals surface area contributed by atoms with E-state index in [1.54, 1.807) is 0 Å². The number of rotatable bonds is 2. The summed E-state index contributed by atoms with van der Waals surface area (Å²) >= 11 is 6.92. The molecule has 0 heterocycles. The molecule has 1 fully saturated rings. The van der Waals surface area contributed by atoms with Crippen LogP contribution in [-0.2, 0) is 0 Å². The Morgan fingerprint density at radius 2 is 2.27 bits per heavy atom. The van der Waals surface area contributed by atoms with Gasteiger partial charge in [0.15, 0.2) is 5.11 Å². The number of hydrogen-bond acceptors (Lipinski definition) is 2. The molecule has 2 atom stereocenters. The summed E-state index contributed by atoms with van der Waals surface area (Å²) in [4.78, 5) is 0. The van der Waals surface area contributed by atoms with Gasteiger partial charge in [-0.15, -0.1) is 0 Å². The maximum Gasteiger partial charge on any atom is 0.166 e. The van der Waals surface area contributed by atoms with Gasteiger partial charge in [0.25, 0.3) is 0 Å². The number of nitrogens with one attached hydrogen (secondary N) is 2. The maximum atomic E-state index is 5.00. The van der Waals surface area contributed by atoms with Gasteiger partial charge in [-0.25, -0.2) is 0 Å². The van der Waals surface area contributed by atoms with E-state index >= 15 is 0 Å². The molecule has 11 heavy (non-hydrogen) atoms. The maximum absolute atomic E-state index is 5.00. The molecule has 0 aromatic heterocycles. The van der Waals surface area contributed by atoms with Crippen molar-refractivity contribution in [3.8, 4) is 0 Å². The van der Waals surface area contributed by atoms with Gasteiger partial charge in [0.1, 0.15) is 0 Å². The quantitative estimate of drug-likeness (QED) is 0.634. The van der Waals surface area contributed by atoms with E-state index in [0.717, 1.165) is 10.4 Å². The van der Waals surface area contributed by atoms with E-state index < -0.39 is 0 Å². The van der Waals surface area contributed by atoms with Gasteiger partial charge >= 0.3 is 0 Å². The van der Waals surface area contributed by atoms with Crippen molar-refractivity contribution in [3.63, 3.8) is 0 Å². The molecule has 0 radical (unpaired) electrons. The molecule has 1 aliphatic rings. The zero-order valence-corrected chi connectivity index (χ0v) is 8.52. The molecule has 4 heteroatoms. The Morgan fingerprint density at radius 1 is 1.55 bits per heavy atom. The van der Waals surface area contributed by atoms with Gasteiger partial charge < -0.3 is 10.6 Å². The van der Waals surface area contributed by atoms with Gasteiger partial charge in [0, 0.05) is 18.3 Å². The van der Waals surface area contributed by atoms with Crippen LogP contribution in [0.5, 0.6) is 0 Å². The number of hydrogen-bond donors (Lipinski definition) is 2. The first-order valence-electron chi connectivity index (χ1n) is 3.79. The van der Waals surface area contributed by atoms with Crippen molar-refractivity contribution in [1.29, 1.82) is 0 Å². The van der Waals surface area contributed by atoms with Gasteiger partial charge in [-0.2, -0.15) is 11.8 Å². The fourth-order valence-electron chi connectivity index (χ4n) is 1.16. The summed E-state index contributed by atoms with van der Waals surface area (Å²) in [5.74, 6) is 0. The lowest BCUT2D eigenvalue weighted by Gasteiger charge is -2.36. The molecule has 2 unspecified atom stereocenters. The smallest absolute Gasteiger partial charge is 0.166 e. The minimum absolute atomic E-state index is 0.602. The van der Waals surface area contributed by atoms with E-state index in [9.17, 15) is 0 Å². The third-order valence-corrected chi connectivity index (χ3v) is 3.55. The Morgan fingerprint density at radius 3 is 2.64 bits per heavy atom. The van der Waals surface area contributed by atoms with Crippen LogP contribution in [0, 0.1) is 0 Å². The summed E-state index contributed by atoms with van der Waals surface area (Å²) in [5, 5.41) is 7.72. The van der Waals surface area contributed by atoms with E-state index in [-0.39, 0.29) is 0 Å². The zero-order chi connectivity index (χ0) is 8.27. The number of thiocarbonyl (C=S) groups is 1. The van der Waals surface area contributed by atoms with Crippen LogP contribution in [0.3, 0.4) is 0 Å². The molecule has 0 bridgehead atoms. The summed E-state index contributed by atoms with van der Waals surface area (Å²) in [6.45, 7) is 0. The van der Waals surface area contributed by atoms with Gasteiger partial charge in [-0.05, 0) is 31.3 Å². The average Bonchev–Trinajstić information content (AvgIpc) is 1.98. The molecule has 0 aromatic carbocycles. The van der Waals surface area contributed by atoms with E-state index in [2.05, 4.69) is 16.9 Å². The Kier molecular flexibility index (Phi) is 3.45. The lowest BCUT2D eigenvalue weighted by molar-refractivity contribution is 0.398. The third-order valence-electron chi connectivity index (χ3n) is 2.06. The van der Waals surface area contributed by atoms with Crippen molar-refractivity contribution in [2.45, 2.75) is 24.1 Å². The first-order chi connectivity index (χ1) is 5.27. The van der Waals surface area contributed by atoms with Crippen molar-refractivity contribution in [3.05, 3.63) is 0 Å². The molecule has 0 amide bonds. The fraction of sp³-hybridized carbons (Fsp3) is 0.857. The number of thioether (sulfide) groups is 1. The molecule has 0 spiro atoms. The molecule has 2 N–H and O–H groups in total. The molecule has 2 nitrogen and oxygen atoms in total. The molecule has 0 saturated heterocycles. The summed E-state index contributed by atoms with van der Waals surface area (Å²) in [7, 11) is 1.85. The van der Waals surface area contributed by atoms with Gasteiger partial charge in [0.2, 0.25) is 0 Å². The van der Waals surface area contributed by atoms with Crippen molar-refractivity contribution in [1.82, 2.24) is 10.6 Å². The Hall–Kier alpha value is 0.0400. The lowest BCUT2D eigenvalue weighted by atomic mass is 9.92. The van der Waals surface area contributed by atoms with Crippen molar-refractivity contribution in [2.75, 3.05) is 13.3 Å². The highest BCUT2D eigenvalue weighted by atomic mass is 32.2. The normalized spacial score (nSPS) is 28.9. The zero-order valence-electron chi connectivity index (χ0n) is 6.89. The van der Waals surface area contributed by atoms with Crippen LogP contribution in [-0.4, -0.2) is 29.7 Å². The Labute approximate surface area is 77.5 Å². The predicted octanol–water partition coefficient (Wildman–Crippen LogP) is 0.974. The van der Waals surface area contributed by atoms with Crippen LogP contribution in [0.25, 0.3) is 0 Å². The predicted molar refractivity (Wildman–Crippen MR) is 55.1 cm³/mol. The second-order valence-electron chi connectivity index (χ2n) is 2.68. The first kappa shape index (κ1) is 9.13. The average molecular weight is 190 g/mol. The highest BCUT2D eigenvalue weighted by Gasteiger charge is 2.29. The molecule has 64 valence electrons. The van der Waals surface area contributed by atoms with Crippen LogP contribution in [0.2, 0.25) is 0 Å². The summed E-state index contributed by atoms with van der Waals surface area (Å²) < 4.78 is 0. The van der Waals surface area contributed by atoms with Crippen LogP contribution < -0.4 is 10.6 Å². The fourth-order valence-corrected chi connectivity index (χ4v) is 2.21. The van der Waals surface area contributed by atoms with E-state index in [1.807, 2.05) is 18.8 Å². The monoisotopic (exact) mass is 190 g/mol. The van der Waals surface area contributed by atoms with Crippen LogP contribution >= 0.6 is 24.0 Å². The molecular weight excluding hydrogens is 176 g/mol. The minimum Gasteiger partial charge on any atom is -0.366 e. The molecule has 1 rings (SSSR count). The van der Waals surface area contributed by atoms with Crippen LogP contribution in [0.1, 0.15) is 12.8 Å². The molecule has 1 aliphatic carbocycles. The standard InChI is InChI=1S/C7H14N2S2/c1-8-7(10)9-5-3-4-6(5)11-2/h5-6H,3-4H2,1-2H3,(H2,8,9,10). The molecular formula is C7H14N2S2.